The highest BCUT2D eigenvalue weighted by molar-refractivity contribution is 6.24. The second-order valence-corrected chi connectivity index (χ2v) is 7.93. The topological polar surface area (TPSA) is 101 Å². The van der Waals surface area contributed by atoms with E-state index in [-0.39, 0.29) is 48.3 Å². The largest absolute Gasteiger partial charge is 0.419 e. The first-order valence-corrected chi connectivity index (χ1v) is 10.2. The second kappa shape index (κ2) is 8.47. The molecule has 7 nitrogen and oxygen atoms in total. The average Bonchev–Trinajstić information content (AvgIpc) is 3.02. The van der Waals surface area contributed by atoms with Gasteiger partial charge in [0.15, 0.2) is 5.78 Å². The molecule has 176 valence electrons. The molecule has 34 heavy (non-hydrogen) atoms. The third kappa shape index (κ3) is 4.09. The van der Waals surface area contributed by atoms with Gasteiger partial charge in [0.25, 0.3) is 17.7 Å². The lowest BCUT2D eigenvalue weighted by atomic mass is 9.92. The van der Waals surface area contributed by atoms with Gasteiger partial charge in [0, 0.05) is 18.5 Å². The van der Waals surface area contributed by atoms with E-state index in [0.29, 0.717) is 12.1 Å². The Morgan fingerprint density at radius 1 is 1.06 bits per heavy atom. The number of amides is 3. The molecule has 1 aliphatic carbocycles. The molecule has 0 aromatic heterocycles. The van der Waals surface area contributed by atoms with Crippen LogP contribution in [0.15, 0.2) is 36.4 Å². The van der Waals surface area contributed by atoms with Gasteiger partial charge in [-0.15, -0.1) is 0 Å². The Morgan fingerprint density at radius 3 is 2.47 bits per heavy atom. The van der Waals surface area contributed by atoms with Gasteiger partial charge in [0.05, 0.1) is 29.2 Å². The highest BCUT2D eigenvalue weighted by Gasteiger charge is 2.45. The first-order chi connectivity index (χ1) is 16.0. The molecule has 1 saturated carbocycles. The Labute approximate surface area is 189 Å². The number of hydrogen-bond donors (Lipinski definition) is 1. The number of carbonyl (C=O) groups is 5. The van der Waals surface area contributed by atoms with Crippen molar-refractivity contribution in [2.75, 3.05) is 0 Å². The number of fused-ring (bicyclic) bond motifs is 1. The molecular formula is C23H16F4N2O5. The highest BCUT2D eigenvalue weighted by Crippen LogP contribution is 2.33. The van der Waals surface area contributed by atoms with Crippen LogP contribution in [0.4, 0.5) is 17.6 Å². The van der Waals surface area contributed by atoms with E-state index in [9.17, 15) is 41.5 Å². The minimum Gasteiger partial charge on any atom is -0.348 e. The second-order valence-electron chi connectivity index (χ2n) is 7.93. The van der Waals surface area contributed by atoms with E-state index in [1.165, 1.54) is 18.2 Å². The van der Waals surface area contributed by atoms with Crippen molar-refractivity contribution in [3.63, 3.8) is 0 Å². The molecule has 0 radical (unpaired) electrons. The number of benzene rings is 2. The van der Waals surface area contributed by atoms with E-state index in [2.05, 4.69) is 5.32 Å². The molecule has 1 atom stereocenters. The lowest BCUT2D eigenvalue weighted by Gasteiger charge is -2.27. The zero-order valence-electron chi connectivity index (χ0n) is 17.4. The summed E-state index contributed by atoms with van der Waals surface area (Å²) in [6.07, 6.45) is -5.26. The van der Waals surface area contributed by atoms with Crippen molar-refractivity contribution in [2.45, 2.75) is 38.0 Å². The van der Waals surface area contributed by atoms with Crippen LogP contribution >= 0.6 is 0 Å². The Balaban J connectivity index is 1.55. The van der Waals surface area contributed by atoms with Gasteiger partial charge < -0.3 is 5.32 Å². The Morgan fingerprint density at radius 2 is 1.79 bits per heavy atom. The summed E-state index contributed by atoms with van der Waals surface area (Å²) in [5.74, 6) is -4.72. The molecule has 1 fully saturated rings. The summed E-state index contributed by atoms with van der Waals surface area (Å²) < 4.78 is 52.3. The highest BCUT2D eigenvalue weighted by atomic mass is 19.4. The molecule has 0 bridgehead atoms. The van der Waals surface area contributed by atoms with Gasteiger partial charge >= 0.3 is 6.18 Å². The summed E-state index contributed by atoms with van der Waals surface area (Å²) in [6.45, 7) is -0.315. The summed E-state index contributed by atoms with van der Waals surface area (Å²) in [4.78, 5) is 62.9. The summed E-state index contributed by atoms with van der Waals surface area (Å²) in [6, 6.07) is 5.03. The normalized spacial score (nSPS) is 18.4. The zero-order valence-corrected chi connectivity index (χ0v) is 17.4. The standard InChI is InChI=1S/C23H16F4N2O5/c24-16-6-4-11(8-15(16)23(25,26)27)20(32)28-10-12-2-1-3-14-19(12)22(34)29(21(14)33)17-7-5-13(30)9-18(17)31/h1-4,6,8,17H,5,7,9-10H2,(H,28,32). The lowest BCUT2D eigenvalue weighted by Crippen LogP contribution is -2.47. The van der Waals surface area contributed by atoms with Gasteiger partial charge in [0.1, 0.15) is 11.6 Å². The van der Waals surface area contributed by atoms with Gasteiger partial charge in [-0.05, 0) is 36.2 Å². The van der Waals surface area contributed by atoms with Crippen LogP contribution in [0.1, 0.15) is 61.5 Å². The first kappa shape index (κ1) is 23.3. The molecule has 1 aliphatic heterocycles. The number of hydrogen-bond acceptors (Lipinski definition) is 5. The molecule has 0 spiro atoms. The summed E-state index contributed by atoms with van der Waals surface area (Å²) in [5, 5.41) is 2.37. The van der Waals surface area contributed by atoms with Crippen LogP contribution in [0.2, 0.25) is 0 Å². The van der Waals surface area contributed by atoms with Crippen molar-refractivity contribution < 1.29 is 41.5 Å². The van der Waals surface area contributed by atoms with Crippen LogP contribution < -0.4 is 5.32 Å². The molecule has 1 N–H and O–H groups in total. The monoisotopic (exact) mass is 476 g/mol. The number of nitrogens with one attached hydrogen (secondary N) is 1. The minimum atomic E-state index is -4.99. The van der Waals surface area contributed by atoms with Crippen LogP contribution in [0.25, 0.3) is 0 Å². The van der Waals surface area contributed by atoms with E-state index in [1.807, 2.05) is 0 Å². The third-order valence-electron chi connectivity index (χ3n) is 5.76. The predicted octanol–water partition coefficient (Wildman–Crippen LogP) is 3.06. The number of rotatable bonds is 4. The fourth-order valence-electron chi connectivity index (χ4n) is 4.10. The van der Waals surface area contributed by atoms with E-state index in [4.69, 9.17) is 0 Å². The van der Waals surface area contributed by atoms with Gasteiger partial charge in [-0.25, -0.2) is 4.39 Å². The first-order valence-electron chi connectivity index (χ1n) is 10.2. The molecule has 2 aromatic carbocycles. The predicted molar refractivity (Wildman–Crippen MR) is 107 cm³/mol. The molecule has 2 aliphatic rings. The maximum atomic E-state index is 13.5. The van der Waals surface area contributed by atoms with Gasteiger partial charge in [0.2, 0.25) is 0 Å². The fraction of sp³-hybridized carbons (Fsp3) is 0.261. The maximum absolute atomic E-state index is 13.5. The van der Waals surface area contributed by atoms with E-state index in [1.54, 1.807) is 0 Å². The molecule has 11 heteroatoms. The lowest BCUT2D eigenvalue weighted by molar-refractivity contribution is -0.140. The minimum absolute atomic E-state index is 0.0163. The van der Waals surface area contributed by atoms with Crippen molar-refractivity contribution >= 4 is 29.3 Å². The Bertz CT molecular complexity index is 1250. The van der Waals surface area contributed by atoms with Crippen molar-refractivity contribution in [1.29, 1.82) is 0 Å². The van der Waals surface area contributed by atoms with Gasteiger partial charge in [-0.1, -0.05) is 12.1 Å². The van der Waals surface area contributed by atoms with Crippen LogP contribution in [-0.4, -0.2) is 40.2 Å². The number of alkyl halides is 3. The number of Topliss-reactive ketones (excluding diaryl/α,β-unsaturated/α-hetero) is 2. The number of ketones is 2. The molecule has 1 heterocycles. The van der Waals surface area contributed by atoms with E-state index >= 15 is 0 Å². The quantitative estimate of drug-likeness (QED) is 0.415. The number of nitrogens with zero attached hydrogens (tertiary/aromatic N) is 1. The van der Waals surface area contributed by atoms with Crippen molar-refractivity contribution in [3.8, 4) is 0 Å². The summed E-state index contributed by atoms with van der Waals surface area (Å²) in [5.41, 5.74) is -1.84. The van der Waals surface area contributed by atoms with Crippen LogP contribution in [0, 0.1) is 5.82 Å². The van der Waals surface area contributed by atoms with Gasteiger partial charge in [-0.3, -0.25) is 28.9 Å². The fourth-order valence-corrected chi connectivity index (χ4v) is 4.10. The molecule has 2 aromatic rings. The number of halogens is 4. The molecule has 4 rings (SSSR count). The molecule has 3 amide bonds. The summed E-state index contributed by atoms with van der Waals surface area (Å²) >= 11 is 0. The van der Waals surface area contributed by atoms with Crippen molar-refractivity contribution in [1.82, 2.24) is 10.2 Å². The van der Waals surface area contributed by atoms with Crippen molar-refractivity contribution in [2.24, 2.45) is 0 Å². The summed E-state index contributed by atoms with van der Waals surface area (Å²) in [7, 11) is 0. The Hall–Kier alpha value is -3.89. The van der Waals surface area contributed by atoms with Crippen LogP contribution in [0.5, 0.6) is 0 Å². The molecule has 1 unspecified atom stereocenters. The van der Waals surface area contributed by atoms with E-state index in [0.717, 1.165) is 11.0 Å². The van der Waals surface area contributed by atoms with Crippen LogP contribution in [0.3, 0.4) is 0 Å². The Kier molecular flexibility index (Phi) is 5.80. The SMILES string of the molecule is O=C1CCC(N2C(=O)c3cccc(CNC(=O)c4ccc(F)c(C(F)(F)F)c4)c3C2=O)C(=O)C1. The van der Waals surface area contributed by atoms with Crippen LogP contribution in [-0.2, 0) is 22.3 Å². The maximum Gasteiger partial charge on any atom is 0.419 e. The molecule has 0 saturated heterocycles. The van der Waals surface area contributed by atoms with Crippen molar-refractivity contribution in [3.05, 3.63) is 70.0 Å². The third-order valence-corrected chi connectivity index (χ3v) is 5.76. The number of imide groups is 1. The molecular weight excluding hydrogens is 460 g/mol. The van der Waals surface area contributed by atoms with Gasteiger partial charge in [-0.2, -0.15) is 13.2 Å². The number of carbonyl (C=O) groups excluding carboxylic acids is 5. The smallest absolute Gasteiger partial charge is 0.348 e. The van der Waals surface area contributed by atoms with E-state index < -0.39 is 52.7 Å². The zero-order chi connectivity index (χ0) is 24.8. The average molecular weight is 476 g/mol.